The minimum Gasteiger partial charge on any atom is -0.379 e. The van der Waals surface area contributed by atoms with Crippen molar-refractivity contribution >= 4 is 40.6 Å². The van der Waals surface area contributed by atoms with Gasteiger partial charge in [-0.1, -0.05) is 23.7 Å². The third kappa shape index (κ3) is 7.04. The molecule has 37 heavy (non-hydrogen) atoms. The number of morpholine rings is 1. The molecule has 0 bridgehead atoms. The average Bonchev–Trinajstić information content (AvgIpc) is 3.36. The lowest BCUT2D eigenvalue weighted by Crippen LogP contribution is -2.35. The van der Waals surface area contributed by atoms with E-state index in [9.17, 15) is 22.8 Å². The number of nitrogens with one attached hydrogen (secondary N) is 2. The number of hydrogen-bond acceptors (Lipinski definition) is 7. The fraction of sp³-hybridized carbons (Fsp3) is 0.333. The number of thiazole rings is 1. The molecular weight excluding hydrogens is 531 g/mol. The zero-order valence-electron chi connectivity index (χ0n) is 19.6. The summed E-state index contributed by atoms with van der Waals surface area (Å²) in [4.78, 5) is 35.7. The van der Waals surface area contributed by atoms with E-state index in [-0.39, 0.29) is 16.6 Å². The van der Waals surface area contributed by atoms with Crippen LogP contribution in [-0.2, 0) is 17.5 Å². The molecule has 2 N–H and O–H groups in total. The van der Waals surface area contributed by atoms with E-state index >= 15 is 0 Å². The fourth-order valence-corrected chi connectivity index (χ4v) is 4.69. The number of ether oxygens (including phenoxy) is 1. The van der Waals surface area contributed by atoms with Crippen LogP contribution < -0.4 is 10.6 Å². The van der Waals surface area contributed by atoms with Gasteiger partial charge < -0.3 is 15.4 Å². The molecule has 3 aromatic rings. The standard InChI is InChI=1S/C24H23ClF3N5O3S/c1-14(31-21(34)16-4-2-3-15(9-16)13-33-5-7-36-8-6-33)23-30-12-19(37-23)22(35)32-20-10-17(24(26,27)28)18(25)11-29-20/h2-4,9-12,14H,5-8,13H2,1H3,(H,31,34)(H,29,32,35). The summed E-state index contributed by atoms with van der Waals surface area (Å²) in [5.74, 6) is -1.27. The number of hydrogen-bond donors (Lipinski definition) is 2. The van der Waals surface area contributed by atoms with Gasteiger partial charge in [-0.05, 0) is 30.7 Å². The Balaban J connectivity index is 1.37. The molecule has 0 spiro atoms. The Morgan fingerprint density at radius 3 is 2.65 bits per heavy atom. The highest BCUT2D eigenvalue weighted by Crippen LogP contribution is 2.35. The third-order valence-corrected chi connectivity index (χ3v) is 7.05. The molecule has 3 heterocycles. The molecule has 0 aliphatic carbocycles. The molecule has 0 radical (unpaired) electrons. The lowest BCUT2D eigenvalue weighted by Gasteiger charge is -2.26. The number of nitrogens with zero attached hydrogens (tertiary/aromatic N) is 3. The normalized spacial score (nSPS) is 15.3. The van der Waals surface area contributed by atoms with Crippen molar-refractivity contribution in [2.75, 3.05) is 31.6 Å². The van der Waals surface area contributed by atoms with E-state index in [0.29, 0.717) is 29.9 Å². The molecule has 196 valence electrons. The van der Waals surface area contributed by atoms with Gasteiger partial charge in [0.05, 0.1) is 36.0 Å². The molecule has 2 aromatic heterocycles. The summed E-state index contributed by atoms with van der Waals surface area (Å²) in [5.41, 5.74) is 0.413. The van der Waals surface area contributed by atoms with E-state index in [1.54, 1.807) is 13.0 Å². The summed E-state index contributed by atoms with van der Waals surface area (Å²) >= 11 is 6.58. The number of aromatic nitrogens is 2. The van der Waals surface area contributed by atoms with Crippen LogP contribution in [0.1, 0.15) is 49.1 Å². The zero-order chi connectivity index (χ0) is 26.6. The minimum absolute atomic E-state index is 0.147. The number of benzene rings is 1. The Morgan fingerprint density at radius 1 is 1.16 bits per heavy atom. The van der Waals surface area contributed by atoms with Crippen LogP contribution in [0.2, 0.25) is 5.02 Å². The first-order chi connectivity index (χ1) is 17.6. The number of alkyl halides is 3. The first kappa shape index (κ1) is 27.0. The van der Waals surface area contributed by atoms with E-state index in [1.165, 1.54) is 6.20 Å². The van der Waals surface area contributed by atoms with Gasteiger partial charge in [-0.15, -0.1) is 11.3 Å². The summed E-state index contributed by atoms with van der Waals surface area (Å²) in [6.07, 6.45) is -2.57. The highest BCUT2D eigenvalue weighted by molar-refractivity contribution is 7.13. The molecule has 4 rings (SSSR count). The van der Waals surface area contributed by atoms with Crippen LogP contribution in [0.25, 0.3) is 0 Å². The molecular formula is C24H23ClF3N5O3S. The number of rotatable bonds is 7. The highest BCUT2D eigenvalue weighted by Gasteiger charge is 2.34. The lowest BCUT2D eigenvalue weighted by molar-refractivity contribution is -0.137. The monoisotopic (exact) mass is 553 g/mol. The van der Waals surface area contributed by atoms with Gasteiger partial charge >= 0.3 is 6.18 Å². The molecule has 1 aliphatic rings. The molecule has 1 saturated heterocycles. The predicted molar refractivity (Wildman–Crippen MR) is 133 cm³/mol. The van der Waals surface area contributed by atoms with Crippen LogP contribution in [0, 0.1) is 0 Å². The summed E-state index contributed by atoms with van der Waals surface area (Å²) in [5, 5.41) is 5.08. The van der Waals surface area contributed by atoms with Gasteiger partial charge in [0.1, 0.15) is 15.7 Å². The fourth-order valence-electron chi connectivity index (χ4n) is 3.67. The second-order valence-electron chi connectivity index (χ2n) is 8.35. The van der Waals surface area contributed by atoms with Crippen LogP contribution >= 0.6 is 22.9 Å². The van der Waals surface area contributed by atoms with Gasteiger partial charge in [0.25, 0.3) is 11.8 Å². The molecule has 2 amide bonds. The number of anilines is 1. The quantitative estimate of drug-likeness (QED) is 0.437. The number of carbonyl (C=O) groups is 2. The predicted octanol–water partition coefficient (Wildman–Crippen LogP) is 4.79. The average molecular weight is 554 g/mol. The van der Waals surface area contributed by atoms with Crippen LogP contribution in [0.5, 0.6) is 0 Å². The third-order valence-electron chi connectivity index (χ3n) is 5.57. The van der Waals surface area contributed by atoms with Crippen molar-refractivity contribution in [1.82, 2.24) is 20.2 Å². The maximum absolute atomic E-state index is 13.1. The van der Waals surface area contributed by atoms with Gasteiger partial charge in [-0.2, -0.15) is 13.2 Å². The maximum atomic E-state index is 13.1. The van der Waals surface area contributed by atoms with Crippen molar-refractivity contribution in [3.63, 3.8) is 0 Å². The van der Waals surface area contributed by atoms with Crippen molar-refractivity contribution in [3.8, 4) is 0 Å². The zero-order valence-corrected chi connectivity index (χ0v) is 21.2. The van der Waals surface area contributed by atoms with Gasteiger partial charge in [0.15, 0.2) is 0 Å². The summed E-state index contributed by atoms with van der Waals surface area (Å²) < 4.78 is 44.6. The Hall–Kier alpha value is -3.06. The van der Waals surface area contributed by atoms with E-state index < -0.39 is 28.7 Å². The molecule has 8 nitrogen and oxygen atoms in total. The Kier molecular flexibility index (Phi) is 8.42. The number of halogens is 4. The Bertz CT molecular complexity index is 1280. The van der Waals surface area contributed by atoms with Crippen molar-refractivity contribution in [1.29, 1.82) is 0 Å². The van der Waals surface area contributed by atoms with Crippen LogP contribution in [0.3, 0.4) is 0 Å². The van der Waals surface area contributed by atoms with Crippen LogP contribution in [0.4, 0.5) is 19.0 Å². The van der Waals surface area contributed by atoms with Crippen LogP contribution in [-0.4, -0.2) is 53.0 Å². The summed E-state index contributed by atoms with van der Waals surface area (Å²) in [6.45, 7) is 5.51. The smallest absolute Gasteiger partial charge is 0.379 e. The molecule has 1 aliphatic heterocycles. The van der Waals surface area contributed by atoms with Gasteiger partial charge in [0.2, 0.25) is 0 Å². The van der Waals surface area contributed by atoms with E-state index in [0.717, 1.165) is 42.7 Å². The molecule has 1 atom stereocenters. The molecule has 13 heteroatoms. The Labute approximate surface area is 219 Å². The first-order valence-electron chi connectivity index (χ1n) is 11.3. The molecule has 0 saturated carbocycles. The van der Waals surface area contributed by atoms with Crippen molar-refractivity contribution in [2.24, 2.45) is 0 Å². The summed E-state index contributed by atoms with van der Waals surface area (Å²) in [7, 11) is 0. The molecule has 1 fully saturated rings. The molecule has 1 aromatic carbocycles. The van der Waals surface area contributed by atoms with Crippen molar-refractivity contribution < 1.29 is 27.5 Å². The summed E-state index contributed by atoms with van der Waals surface area (Å²) in [6, 6.07) is 7.52. The van der Waals surface area contributed by atoms with Crippen molar-refractivity contribution in [3.05, 3.63) is 74.3 Å². The van der Waals surface area contributed by atoms with Crippen molar-refractivity contribution in [2.45, 2.75) is 25.7 Å². The first-order valence-corrected chi connectivity index (χ1v) is 12.5. The van der Waals surface area contributed by atoms with E-state index in [4.69, 9.17) is 16.3 Å². The van der Waals surface area contributed by atoms with Crippen LogP contribution in [0.15, 0.2) is 42.7 Å². The molecule has 1 unspecified atom stereocenters. The van der Waals surface area contributed by atoms with Gasteiger partial charge in [-0.25, -0.2) is 9.97 Å². The topological polar surface area (TPSA) is 96.5 Å². The largest absolute Gasteiger partial charge is 0.418 e. The van der Waals surface area contributed by atoms with E-state index in [1.807, 2.05) is 18.2 Å². The Morgan fingerprint density at radius 2 is 1.92 bits per heavy atom. The number of pyridine rings is 1. The maximum Gasteiger partial charge on any atom is 0.418 e. The van der Waals surface area contributed by atoms with Gasteiger partial charge in [0, 0.05) is 31.4 Å². The highest BCUT2D eigenvalue weighted by atomic mass is 35.5. The number of amides is 2. The lowest BCUT2D eigenvalue weighted by atomic mass is 10.1. The minimum atomic E-state index is -4.69. The SMILES string of the molecule is CC(NC(=O)c1cccc(CN2CCOCC2)c1)c1ncc(C(=O)Nc2cc(C(F)(F)F)c(Cl)cn2)s1. The van der Waals surface area contributed by atoms with Gasteiger partial charge in [-0.3, -0.25) is 14.5 Å². The number of carbonyl (C=O) groups excluding carboxylic acids is 2. The second kappa shape index (κ2) is 11.5. The second-order valence-corrected chi connectivity index (χ2v) is 9.82. The van der Waals surface area contributed by atoms with E-state index in [2.05, 4.69) is 25.5 Å².